The lowest BCUT2D eigenvalue weighted by molar-refractivity contribution is -0.384. The van der Waals surface area contributed by atoms with E-state index >= 15 is 0 Å². The van der Waals surface area contributed by atoms with Gasteiger partial charge in [0, 0.05) is 18.7 Å². The molecule has 2 aromatic rings. The SMILES string of the molecule is O=C(CN[C@@H](CO)c1ccccc1)N1CCc2ccc([N+](=O)[O-])cc21. The number of fused-ring (bicyclic) bond motifs is 1. The number of carbonyl (C=O) groups excluding carboxylic acids is 1. The molecule has 2 aromatic carbocycles. The van der Waals surface area contributed by atoms with Gasteiger partial charge in [0.25, 0.3) is 5.69 Å². The lowest BCUT2D eigenvalue weighted by atomic mass is 10.1. The number of nitro benzene ring substituents is 1. The number of nitro groups is 1. The zero-order valence-corrected chi connectivity index (χ0v) is 13.6. The van der Waals surface area contributed by atoms with Crippen molar-refractivity contribution in [3.63, 3.8) is 0 Å². The quantitative estimate of drug-likeness (QED) is 0.617. The summed E-state index contributed by atoms with van der Waals surface area (Å²) in [5.74, 6) is -0.173. The Hall–Kier alpha value is -2.77. The van der Waals surface area contributed by atoms with Gasteiger partial charge in [0.05, 0.1) is 29.8 Å². The van der Waals surface area contributed by atoms with Crippen molar-refractivity contribution in [3.8, 4) is 0 Å². The number of aliphatic hydroxyl groups is 1. The average Bonchev–Trinajstić information content (AvgIpc) is 3.06. The van der Waals surface area contributed by atoms with Crippen LogP contribution in [-0.4, -0.2) is 35.6 Å². The summed E-state index contributed by atoms with van der Waals surface area (Å²) in [6, 6.07) is 13.7. The lowest BCUT2D eigenvalue weighted by Crippen LogP contribution is -2.39. The molecule has 1 amide bonds. The minimum atomic E-state index is -0.462. The van der Waals surface area contributed by atoms with Crippen LogP contribution in [-0.2, 0) is 11.2 Å². The number of nitrogens with one attached hydrogen (secondary N) is 1. The molecular formula is C18H19N3O4. The summed E-state index contributed by atoms with van der Waals surface area (Å²) in [6.45, 7) is 0.424. The summed E-state index contributed by atoms with van der Waals surface area (Å²) < 4.78 is 0. The van der Waals surface area contributed by atoms with Crippen molar-refractivity contribution in [2.45, 2.75) is 12.5 Å². The van der Waals surface area contributed by atoms with Crippen LogP contribution in [0.25, 0.3) is 0 Å². The van der Waals surface area contributed by atoms with E-state index in [0.717, 1.165) is 11.1 Å². The molecule has 2 N–H and O–H groups in total. The Labute approximate surface area is 145 Å². The number of anilines is 1. The number of non-ortho nitro benzene ring substituents is 1. The number of hydrogen-bond donors (Lipinski definition) is 2. The maximum atomic E-state index is 12.6. The molecule has 25 heavy (non-hydrogen) atoms. The van der Waals surface area contributed by atoms with E-state index in [1.54, 1.807) is 11.0 Å². The molecule has 0 saturated carbocycles. The molecular weight excluding hydrogens is 322 g/mol. The number of amides is 1. The van der Waals surface area contributed by atoms with Gasteiger partial charge in [-0.2, -0.15) is 0 Å². The molecule has 7 heteroatoms. The Morgan fingerprint density at radius 2 is 2.04 bits per heavy atom. The van der Waals surface area contributed by atoms with Crippen LogP contribution in [0.4, 0.5) is 11.4 Å². The van der Waals surface area contributed by atoms with Crippen LogP contribution in [0.2, 0.25) is 0 Å². The van der Waals surface area contributed by atoms with Crippen LogP contribution in [0.5, 0.6) is 0 Å². The first-order valence-corrected chi connectivity index (χ1v) is 8.07. The number of rotatable bonds is 6. The highest BCUT2D eigenvalue weighted by Gasteiger charge is 2.27. The Morgan fingerprint density at radius 3 is 2.72 bits per heavy atom. The molecule has 0 bridgehead atoms. The van der Waals surface area contributed by atoms with E-state index in [4.69, 9.17) is 0 Å². The highest BCUT2D eigenvalue weighted by atomic mass is 16.6. The molecule has 3 rings (SSSR count). The molecule has 0 aromatic heterocycles. The van der Waals surface area contributed by atoms with Gasteiger partial charge < -0.3 is 10.0 Å². The minimum Gasteiger partial charge on any atom is -0.394 e. The van der Waals surface area contributed by atoms with Gasteiger partial charge >= 0.3 is 0 Å². The van der Waals surface area contributed by atoms with Crippen LogP contribution in [0.1, 0.15) is 17.2 Å². The topological polar surface area (TPSA) is 95.7 Å². The molecule has 0 saturated heterocycles. The maximum absolute atomic E-state index is 12.6. The summed E-state index contributed by atoms with van der Waals surface area (Å²) in [7, 11) is 0. The van der Waals surface area contributed by atoms with Crippen molar-refractivity contribution in [1.82, 2.24) is 5.32 Å². The second kappa shape index (κ2) is 7.42. The smallest absolute Gasteiger partial charge is 0.271 e. The summed E-state index contributed by atoms with van der Waals surface area (Å²) in [6.07, 6.45) is 0.682. The van der Waals surface area contributed by atoms with E-state index in [1.807, 2.05) is 30.3 Å². The molecule has 1 aliphatic rings. The van der Waals surface area contributed by atoms with E-state index in [1.165, 1.54) is 12.1 Å². The highest BCUT2D eigenvalue weighted by molar-refractivity contribution is 5.97. The molecule has 1 heterocycles. The fourth-order valence-electron chi connectivity index (χ4n) is 3.02. The molecule has 1 aliphatic heterocycles. The van der Waals surface area contributed by atoms with Crippen molar-refractivity contribution in [2.24, 2.45) is 0 Å². The van der Waals surface area contributed by atoms with E-state index in [-0.39, 0.29) is 30.8 Å². The average molecular weight is 341 g/mol. The molecule has 0 radical (unpaired) electrons. The van der Waals surface area contributed by atoms with Gasteiger partial charge in [-0.15, -0.1) is 0 Å². The van der Waals surface area contributed by atoms with Crippen LogP contribution in [0.3, 0.4) is 0 Å². The molecule has 0 fully saturated rings. The zero-order valence-electron chi connectivity index (χ0n) is 13.6. The number of carbonyl (C=O) groups is 1. The van der Waals surface area contributed by atoms with Crippen LogP contribution in [0.15, 0.2) is 48.5 Å². The first-order chi connectivity index (χ1) is 12.1. The van der Waals surface area contributed by atoms with Crippen LogP contribution in [0, 0.1) is 10.1 Å². The van der Waals surface area contributed by atoms with E-state index in [2.05, 4.69) is 5.32 Å². The van der Waals surface area contributed by atoms with Gasteiger partial charge in [-0.25, -0.2) is 0 Å². The van der Waals surface area contributed by atoms with Crippen molar-refractivity contribution in [1.29, 1.82) is 0 Å². The number of benzene rings is 2. The zero-order chi connectivity index (χ0) is 17.8. The van der Waals surface area contributed by atoms with Gasteiger partial charge in [-0.3, -0.25) is 20.2 Å². The van der Waals surface area contributed by atoms with Crippen molar-refractivity contribution < 1.29 is 14.8 Å². The normalized spacial score (nSPS) is 14.2. The van der Waals surface area contributed by atoms with Gasteiger partial charge in [0.1, 0.15) is 0 Å². The third-order valence-electron chi connectivity index (χ3n) is 4.36. The van der Waals surface area contributed by atoms with Crippen molar-refractivity contribution in [3.05, 3.63) is 69.8 Å². The van der Waals surface area contributed by atoms with Gasteiger partial charge in [0.15, 0.2) is 0 Å². The molecule has 1 atom stereocenters. The first-order valence-electron chi connectivity index (χ1n) is 8.07. The van der Waals surface area contributed by atoms with Crippen LogP contribution < -0.4 is 10.2 Å². The fraction of sp³-hybridized carbons (Fsp3) is 0.278. The highest BCUT2D eigenvalue weighted by Crippen LogP contribution is 2.31. The predicted molar refractivity (Wildman–Crippen MR) is 93.4 cm³/mol. The third kappa shape index (κ3) is 3.67. The summed E-state index contributed by atoms with van der Waals surface area (Å²) in [5.41, 5.74) is 2.40. The van der Waals surface area contributed by atoms with Crippen LogP contribution >= 0.6 is 0 Å². The number of hydrogen-bond acceptors (Lipinski definition) is 5. The molecule has 7 nitrogen and oxygen atoms in total. The largest absolute Gasteiger partial charge is 0.394 e. The monoisotopic (exact) mass is 341 g/mol. The second-order valence-corrected chi connectivity index (χ2v) is 5.89. The van der Waals surface area contributed by atoms with Crippen molar-refractivity contribution in [2.75, 3.05) is 24.6 Å². The number of nitrogens with zero attached hydrogens (tertiary/aromatic N) is 2. The summed E-state index contributed by atoms with van der Waals surface area (Å²) >= 11 is 0. The third-order valence-corrected chi connectivity index (χ3v) is 4.36. The predicted octanol–water partition coefficient (Wildman–Crippen LogP) is 1.81. The Morgan fingerprint density at radius 1 is 1.28 bits per heavy atom. The van der Waals surface area contributed by atoms with Gasteiger partial charge in [-0.1, -0.05) is 36.4 Å². The lowest BCUT2D eigenvalue weighted by Gasteiger charge is -2.21. The molecule has 130 valence electrons. The molecule has 0 spiro atoms. The van der Waals surface area contributed by atoms with E-state index in [0.29, 0.717) is 18.7 Å². The van der Waals surface area contributed by atoms with Crippen molar-refractivity contribution >= 4 is 17.3 Å². The summed E-state index contributed by atoms with van der Waals surface area (Å²) in [4.78, 5) is 24.6. The Kier molecular flexibility index (Phi) is 5.06. The van der Waals surface area contributed by atoms with E-state index < -0.39 is 4.92 Å². The number of aliphatic hydroxyl groups excluding tert-OH is 1. The summed E-state index contributed by atoms with van der Waals surface area (Å²) in [5, 5.41) is 23.6. The maximum Gasteiger partial charge on any atom is 0.271 e. The molecule has 0 unspecified atom stereocenters. The Balaban J connectivity index is 1.69. The van der Waals surface area contributed by atoms with Gasteiger partial charge in [-0.05, 0) is 17.5 Å². The second-order valence-electron chi connectivity index (χ2n) is 5.89. The standard InChI is InChI=1S/C18H19N3O4/c22-12-16(13-4-2-1-3-5-13)19-11-18(23)20-9-8-14-6-7-15(21(24)25)10-17(14)20/h1-7,10,16,19,22H,8-9,11-12H2/t16-/m0/s1. The van der Waals surface area contributed by atoms with E-state index in [9.17, 15) is 20.0 Å². The Bertz CT molecular complexity index is 779. The fourth-order valence-corrected chi connectivity index (χ4v) is 3.02. The molecule has 0 aliphatic carbocycles. The van der Waals surface area contributed by atoms with Gasteiger partial charge in [0.2, 0.25) is 5.91 Å². The minimum absolute atomic E-state index is 0.0241. The first kappa shape index (κ1) is 17.1.